The molecule has 0 unspecified atom stereocenters. The molecule has 0 bridgehead atoms. The summed E-state index contributed by atoms with van der Waals surface area (Å²) in [6, 6.07) is 10.5. The quantitative estimate of drug-likeness (QED) is 0.321. The van der Waals surface area contributed by atoms with Crippen LogP contribution < -0.4 is 10.9 Å². The molecule has 4 aromatic heterocycles. The van der Waals surface area contributed by atoms with E-state index in [2.05, 4.69) is 10.4 Å². The first kappa shape index (κ1) is 24.1. The highest BCUT2D eigenvalue weighted by Gasteiger charge is 2.27. The lowest BCUT2D eigenvalue weighted by atomic mass is 9.96. The third kappa shape index (κ3) is 5.22. The van der Waals surface area contributed by atoms with Gasteiger partial charge < -0.3 is 9.88 Å². The first-order chi connectivity index (χ1) is 16.1. The monoisotopic (exact) mass is 514 g/mol. The molecular formula is C24H23ClN4O3S2. The Balaban J connectivity index is 1.68. The first-order valence-corrected chi connectivity index (χ1v) is 12.7. The van der Waals surface area contributed by atoms with Gasteiger partial charge >= 0.3 is 0 Å². The van der Waals surface area contributed by atoms with Gasteiger partial charge in [-0.3, -0.25) is 14.4 Å². The molecule has 4 aromatic rings. The summed E-state index contributed by atoms with van der Waals surface area (Å²) >= 11 is 8.90. The number of rotatable bonds is 7. The Kier molecular flexibility index (Phi) is 6.88. The molecule has 176 valence electrons. The zero-order valence-electron chi connectivity index (χ0n) is 18.9. The van der Waals surface area contributed by atoms with Gasteiger partial charge in [-0.15, -0.1) is 11.3 Å². The van der Waals surface area contributed by atoms with Crippen molar-refractivity contribution in [3.05, 3.63) is 78.5 Å². The van der Waals surface area contributed by atoms with E-state index < -0.39 is 5.41 Å². The number of nitrogens with one attached hydrogen (secondary N) is 1. The van der Waals surface area contributed by atoms with Crippen LogP contribution in [-0.4, -0.2) is 26.0 Å². The average molecular weight is 515 g/mol. The highest BCUT2D eigenvalue weighted by molar-refractivity contribution is 7.16. The molecule has 0 radical (unpaired) electrons. The second kappa shape index (κ2) is 9.69. The lowest BCUT2D eigenvalue weighted by molar-refractivity contribution is 0.0752. The molecule has 0 fully saturated rings. The van der Waals surface area contributed by atoms with Gasteiger partial charge in [0.25, 0.3) is 11.5 Å². The molecule has 7 nitrogen and oxygen atoms in total. The van der Waals surface area contributed by atoms with Crippen LogP contribution in [0.2, 0.25) is 4.34 Å². The Morgan fingerprint density at radius 2 is 1.97 bits per heavy atom. The van der Waals surface area contributed by atoms with E-state index in [4.69, 9.17) is 11.6 Å². The van der Waals surface area contributed by atoms with Crippen LogP contribution in [0.25, 0.3) is 11.3 Å². The molecule has 0 aliphatic rings. The van der Waals surface area contributed by atoms with Crippen molar-refractivity contribution in [1.29, 1.82) is 0 Å². The number of ketones is 1. The summed E-state index contributed by atoms with van der Waals surface area (Å²) in [7, 11) is 0. The standard InChI is InChI=1S/C24H23ClN4O3S2/c1-24(2,3)23(32)29-21(26-12-16-6-7-20(25)34-16)11-18(27-29)17-5-4-9-28(22(17)31)13-19(30)15-8-10-33-14-15/h4-11,14,26H,12-13H2,1-3H3. The number of hydrogen-bond acceptors (Lipinski definition) is 7. The molecule has 4 rings (SSSR count). The number of Topliss-reactive ketones (excluding diaryl/α,β-unsaturated/α-hetero) is 1. The fourth-order valence-electron chi connectivity index (χ4n) is 3.26. The number of anilines is 1. The molecule has 0 aromatic carbocycles. The van der Waals surface area contributed by atoms with Crippen LogP contribution in [0.5, 0.6) is 0 Å². The molecule has 0 aliphatic heterocycles. The van der Waals surface area contributed by atoms with Gasteiger partial charge in [-0.05, 0) is 35.7 Å². The summed E-state index contributed by atoms with van der Waals surface area (Å²) in [5.74, 6) is 0.115. The number of halogens is 1. The molecule has 1 N–H and O–H groups in total. The zero-order valence-corrected chi connectivity index (χ0v) is 21.3. The average Bonchev–Trinajstić information content (AvgIpc) is 3.53. The molecule has 0 saturated heterocycles. The van der Waals surface area contributed by atoms with Crippen molar-refractivity contribution >= 4 is 51.8 Å². The minimum Gasteiger partial charge on any atom is -0.365 e. The largest absolute Gasteiger partial charge is 0.365 e. The van der Waals surface area contributed by atoms with E-state index in [0.29, 0.717) is 33.5 Å². The number of thiophene rings is 2. The predicted molar refractivity (Wildman–Crippen MR) is 137 cm³/mol. The Morgan fingerprint density at radius 3 is 2.62 bits per heavy atom. The van der Waals surface area contributed by atoms with Gasteiger partial charge in [0.05, 0.1) is 23.0 Å². The van der Waals surface area contributed by atoms with E-state index >= 15 is 0 Å². The van der Waals surface area contributed by atoms with Crippen molar-refractivity contribution in [2.45, 2.75) is 33.9 Å². The number of aromatic nitrogens is 3. The van der Waals surface area contributed by atoms with Crippen LogP contribution >= 0.6 is 34.3 Å². The van der Waals surface area contributed by atoms with Crippen molar-refractivity contribution in [3.8, 4) is 11.3 Å². The number of nitrogens with zero attached hydrogens (tertiary/aromatic N) is 3. The second-order valence-electron chi connectivity index (χ2n) is 8.73. The summed E-state index contributed by atoms with van der Waals surface area (Å²) in [4.78, 5) is 39.8. The minimum absolute atomic E-state index is 0.0741. The molecule has 0 atom stereocenters. The Bertz CT molecular complexity index is 1390. The Morgan fingerprint density at radius 1 is 1.18 bits per heavy atom. The van der Waals surface area contributed by atoms with Gasteiger partial charge in [0, 0.05) is 33.5 Å². The van der Waals surface area contributed by atoms with Gasteiger partial charge in [-0.2, -0.15) is 21.1 Å². The highest BCUT2D eigenvalue weighted by Crippen LogP contribution is 2.26. The van der Waals surface area contributed by atoms with E-state index in [-0.39, 0.29) is 23.8 Å². The molecule has 0 spiro atoms. The zero-order chi connectivity index (χ0) is 24.5. The normalized spacial score (nSPS) is 11.5. The Hall–Kier alpha value is -3.01. The molecule has 0 saturated carbocycles. The predicted octanol–water partition coefficient (Wildman–Crippen LogP) is 5.67. The lowest BCUT2D eigenvalue weighted by Crippen LogP contribution is -2.29. The molecule has 10 heteroatoms. The SMILES string of the molecule is CC(C)(C)C(=O)n1nc(-c2cccn(CC(=O)c3ccsc3)c2=O)cc1NCc1ccc(Cl)s1. The van der Waals surface area contributed by atoms with Gasteiger partial charge in [-0.1, -0.05) is 32.4 Å². The molecular weight excluding hydrogens is 492 g/mol. The van der Waals surface area contributed by atoms with E-state index in [0.717, 1.165) is 4.88 Å². The highest BCUT2D eigenvalue weighted by atomic mass is 35.5. The fraction of sp³-hybridized carbons (Fsp3) is 0.250. The maximum atomic E-state index is 13.2. The van der Waals surface area contributed by atoms with Crippen LogP contribution in [0.3, 0.4) is 0 Å². The first-order valence-electron chi connectivity index (χ1n) is 10.5. The lowest BCUT2D eigenvalue weighted by Gasteiger charge is -2.18. The maximum Gasteiger partial charge on any atom is 0.260 e. The van der Waals surface area contributed by atoms with Crippen molar-refractivity contribution in [3.63, 3.8) is 0 Å². The van der Waals surface area contributed by atoms with Gasteiger partial charge in [0.1, 0.15) is 11.5 Å². The fourth-order valence-corrected chi connectivity index (χ4v) is 4.95. The number of pyridine rings is 1. The maximum absolute atomic E-state index is 13.2. The summed E-state index contributed by atoms with van der Waals surface area (Å²) in [6.07, 6.45) is 1.58. The third-order valence-electron chi connectivity index (χ3n) is 5.07. The van der Waals surface area contributed by atoms with E-state index in [1.807, 2.05) is 38.3 Å². The Labute approximate surface area is 209 Å². The van der Waals surface area contributed by atoms with Crippen LogP contribution in [0.1, 0.15) is 40.8 Å². The molecule has 4 heterocycles. The smallest absolute Gasteiger partial charge is 0.260 e. The van der Waals surface area contributed by atoms with Crippen molar-refractivity contribution in [1.82, 2.24) is 14.3 Å². The van der Waals surface area contributed by atoms with Crippen LogP contribution in [0.4, 0.5) is 5.82 Å². The van der Waals surface area contributed by atoms with Crippen LogP contribution in [-0.2, 0) is 13.1 Å². The number of hydrogen-bond donors (Lipinski definition) is 1. The topological polar surface area (TPSA) is 86.0 Å². The van der Waals surface area contributed by atoms with Gasteiger partial charge in [-0.25, -0.2) is 0 Å². The minimum atomic E-state index is -0.685. The molecule has 0 aliphatic carbocycles. The van der Waals surface area contributed by atoms with Crippen molar-refractivity contribution < 1.29 is 9.59 Å². The summed E-state index contributed by atoms with van der Waals surface area (Å²) in [5, 5.41) is 11.3. The van der Waals surface area contributed by atoms with Crippen LogP contribution in [0, 0.1) is 5.41 Å². The summed E-state index contributed by atoms with van der Waals surface area (Å²) < 4.78 is 3.34. The molecule has 0 amide bonds. The number of carbonyl (C=O) groups is 2. The number of carbonyl (C=O) groups excluding carboxylic acids is 2. The van der Waals surface area contributed by atoms with Gasteiger partial charge in [0.2, 0.25) is 0 Å². The van der Waals surface area contributed by atoms with E-state index in [1.54, 1.807) is 35.8 Å². The van der Waals surface area contributed by atoms with E-state index in [1.165, 1.54) is 31.9 Å². The summed E-state index contributed by atoms with van der Waals surface area (Å²) in [6.45, 7) is 5.81. The third-order valence-corrected chi connectivity index (χ3v) is 6.98. The van der Waals surface area contributed by atoms with E-state index in [9.17, 15) is 14.4 Å². The summed E-state index contributed by atoms with van der Waals surface area (Å²) in [5.41, 5.74) is 0.198. The van der Waals surface area contributed by atoms with Crippen LogP contribution in [0.15, 0.2) is 58.1 Å². The second-order valence-corrected chi connectivity index (χ2v) is 11.3. The van der Waals surface area contributed by atoms with Crippen molar-refractivity contribution in [2.75, 3.05) is 5.32 Å². The van der Waals surface area contributed by atoms with Gasteiger partial charge in [0.15, 0.2) is 5.78 Å². The molecule has 34 heavy (non-hydrogen) atoms. The van der Waals surface area contributed by atoms with Crippen molar-refractivity contribution in [2.24, 2.45) is 5.41 Å².